The minimum atomic E-state index is -0.239. The molecule has 0 bridgehead atoms. The maximum Gasteiger partial charge on any atom is 0.316 e. The molecule has 0 atom stereocenters. The molecular weight excluding hydrogens is 344 g/mol. The number of thioether (sulfide) groups is 1. The van der Waals surface area contributed by atoms with E-state index >= 15 is 0 Å². The van der Waals surface area contributed by atoms with Crippen LogP contribution in [0.15, 0.2) is 71.9 Å². The van der Waals surface area contributed by atoms with E-state index in [2.05, 4.69) is 29.2 Å². The minimum Gasteiger partial charge on any atom is -0.458 e. The van der Waals surface area contributed by atoms with Gasteiger partial charge in [0, 0.05) is 17.3 Å². The van der Waals surface area contributed by atoms with Crippen LogP contribution in [0.4, 0.5) is 0 Å². The van der Waals surface area contributed by atoms with Crippen molar-refractivity contribution in [3.8, 4) is 0 Å². The summed E-state index contributed by atoms with van der Waals surface area (Å²) in [7, 11) is 0. The van der Waals surface area contributed by atoms with Crippen LogP contribution in [0.3, 0.4) is 0 Å². The molecule has 0 radical (unpaired) electrons. The fraction of sp³-hybridized carbons (Fsp3) is 0.143. The van der Waals surface area contributed by atoms with E-state index in [4.69, 9.17) is 4.74 Å². The van der Waals surface area contributed by atoms with E-state index in [0.29, 0.717) is 0 Å². The van der Waals surface area contributed by atoms with Crippen molar-refractivity contribution in [3.63, 3.8) is 0 Å². The quantitative estimate of drug-likeness (QED) is 0.383. The summed E-state index contributed by atoms with van der Waals surface area (Å²) in [6.45, 7) is 2.20. The highest BCUT2D eigenvalue weighted by molar-refractivity contribution is 8.00. The van der Waals surface area contributed by atoms with Gasteiger partial charge in [0.2, 0.25) is 0 Å². The Balaban J connectivity index is 1.35. The summed E-state index contributed by atoms with van der Waals surface area (Å²) in [5.74, 6) is 0.0435. The molecule has 0 aliphatic rings. The lowest BCUT2D eigenvalue weighted by atomic mass is 10.1. The first-order valence-corrected chi connectivity index (χ1v) is 9.38. The normalized spacial score (nSPS) is 11.1. The summed E-state index contributed by atoms with van der Waals surface area (Å²) >= 11 is 1.49. The highest BCUT2D eigenvalue weighted by Gasteiger charge is 2.08. The largest absolute Gasteiger partial charge is 0.458 e. The molecule has 0 aliphatic carbocycles. The van der Waals surface area contributed by atoms with Crippen LogP contribution in [0.25, 0.3) is 16.4 Å². The molecule has 0 fully saturated rings. The first-order chi connectivity index (χ1) is 12.7. The van der Waals surface area contributed by atoms with Gasteiger partial charge in [-0.25, -0.2) is 4.98 Å². The molecule has 130 valence electrons. The molecule has 0 amide bonds. The Kier molecular flexibility index (Phi) is 4.63. The maximum absolute atomic E-state index is 12.1. The molecule has 4 nitrogen and oxygen atoms in total. The second kappa shape index (κ2) is 7.22. The van der Waals surface area contributed by atoms with E-state index in [1.807, 2.05) is 54.0 Å². The number of hydrogen-bond donors (Lipinski definition) is 0. The van der Waals surface area contributed by atoms with E-state index in [0.717, 1.165) is 21.8 Å². The van der Waals surface area contributed by atoms with Crippen molar-refractivity contribution in [1.82, 2.24) is 9.38 Å². The summed E-state index contributed by atoms with van der Waals surface area (Å²) in [5, 5.41) is 2.37. The van der Waals surface area contributed by atoms with Gasteiger partial charge in [0.05, 0.1) is 11.4 Å². The molecule has 4 rings (SSSR count). The molecule has 0 N–H and O–H groups in total. The Bertz CT molecular complexity index is 1090. The van der Waals surface area contributed by atoms with Gasteiger partial charge in [-0.3, -0.25) is 4.79 Å². The Morgan fingerprint density at radius 2 is 1.96 bits per heavy atom. The van der Waals surface area contributed by atoms with E-state index in [1.54, 1.807) is 0 Å². The Morgan fingerprint density at radius 1 is 1.12 bits per heavy atom. The molecule has 0 spiro atoms. The molecule has 0 saturated carbocycles. The third-order valence-electron chi connectivity index (χ3n) is 4.19. The molecule has 2 aromatic heterocycles. The lowest BCUT2D eigenvalue weighted by Gasteiger charge is -2.04. The van der Waals surface area contributed by atoms with Crippen LogP contribution >= 0.6 is 11.8 Å². The lowest BCUT2D eigenvalue weighted by Crippen LogP contribution is -2.07. The standard InChI is InChI=1S/C21H18N2O2S/c1-15-5-4-10-23-12-18(22-21(15)23)13-25-20(24)14-26-19-9-8-16-6-2-3-7-17(16)11-19/h2-12H,13-14H2,1H3. The number of nitrogens with zero attached hydrogens (tertiary/aromatic N) is 2. The van der Waals surface area contributed by atoms with Crippen molar-refractivity contribution in [3.05, 3.63) is 78.2 Å². The number of pyridine rings is 1. The Hall–Kier alpha value is -2.79. The molecular formula is C21H18N2O2S. The van der Waals surface area contributed by atoms with Crippen LogP contribution < -0.4 is 0 Å². The van der Waals surface area contributed by atoms with Crippen molar-refractivity contribution in [2.24, 2.45) is 0 Å². The predicted molar refractivity (Wildman–Crippen MR) is 104 cm³/mol. The van der Waals surface area contributed by atoms with Gasteiger partial charge in [0.15, 0.2) is 0 Å². The number of carbonyl (C=O) groups is 1. The van der Waals surface area contributed by atoms with Gasteiger partial charge in [-0.05, 0) is 41.5 Å². The summed E-state index contributed by atoms with van der Waals surface area (Å²) in [6.07, 6.45) is 3.84. The van der Waals surface area contributed by atoms with Gasteiger partial charge in [-0.2, -0.15) is 0 Å². The van der Waals surface area contributed by atoms with Gasteiger partial charge in [0.1, 0.15) is 12.3 Å². The molecule has 0 unspecified atom stereocenters. The molecule has 0 saturated heterocycles. The number of aromatic nitrogens is 2. The molecule has 26 heavy (non-hydrogen) atoms. The fourth-order valence-corrected chi connectivity index (χ4v) is 3.61. The van der Waals surface area contributed by atoms with Gasteiger partial charge in [-0.1, -0.05) is 36.4 Å². The predicted octanol–water partition coefficient (Wildman–Crippen LogP) is 4.63. The third kappa shape index (κ3) is 3.58. The first kappa shape index (κ1) is 16.7. The summed E-state index contributed by atoms with van der Waals surface area (Å²) < 4.78 is 7.32. The number of benzene rings is 2. The van der Waals surface area contributed by atoms with Crippen LogP contribution in [0.1, 0.15) is 11.3 Å². The Labute approximate surface area is 155 Å². The monoisotopic (exact) mass is 362 g/mol. The molecule has 5 heteroatoms. The minimum absolute atomic E-state index is 0.193. The number of imidazole rings is 1. The molecule has 4 aromatic rings. The molecule has 2 heterocycles. The fourth-order valence-electron chi connectivity index (χ4n) is 2.87. The number of rotatable bonds is 5. The van der Waals surface area contributed by atoms with Gasteiger partial charge in [0.25, 0.3) is 0 Å². The van der Waals surface area contributed by atoms with Crippen LogP contribution in [-0.4, -0.2) is 21.1 Å². The van der Waals surface area contributed by atoms with E-state index in [1.165, 1.54) is 22.5 Å². The SMILES string of the molecule is Cc1cccn2cc(COC(=O)CSc3ccc4ccccc4c3)nc12. The maximum atomic E-state index is 12.1. The third-order valence-corrected chi connectivity index (χ3v) is 5.15. The topological polar surface area (TPSA) is 43.6 Å². The Morgan fingerprint density at radius 3 is 2.81 bits per heavy atom. The number of hydrogen-bond acceptors (Lipinski definition) is 4. The number of aryl methyl sites for hydroxylation is 1. The second-order valence-electron chi connectivity index (χ2n) is 6.11. The smallest absolute Gasteiger partial charge is 0.316 e. The van der Waals surface area contributed by atoms with Gasteiger partial charge in [-0.15, -0.1) is 11.8 Å². The van der Waals surface area contributed by atoms with E-state index in [-0.39, 0.29) is 18.3 Å². The highest BCUT2D eigenvalue weighted by Crippen LogP contribution is 2.23. The zero-order valence-electron chi connectivity index (χ0n) is 14.4. The lowest BCUT2D eigenvalue weighted by molar-refractivity contribution is -0.141. The number of fused-ring (bicyclic) bond motifs is 2. The van der Waals surface area contributed by atoms with Gasteiger partial charge < -0.3 is 9.14 Å². The molecule has 0 aliphatic heterocycles. The zero-order chi connectivity index (χ0) is 17.9. The number of esters is 1. The number of ether oxygens (including phenoxy) is 1. The number of carbonyl (C=O) groups excluding carboxylic acids is 1. The average Bonchev–Trinajstić information content (AvgIpc) is 3.09. The summed E-state index contributed by atoms with van der Waals surface area (Å²) in [4.78, 5) is 17.6. The first-order valence-electron chi connectivity index (χ1n) is 8.39. The van der Waals surface area contributed by atoms with Crippen LogP contribution in [0.2, 0.25) is 0 Å². The van der Waals surface area contributed by atoms with Gasteiger partial charge >= 0.3 is 5.97 Å². The summed E-state index contributed by atoms with van der Waals surface area (Å²) in [5.41, 5.74) is 2.74. The second-order valence-corrected chi connectivity index (χ2v) is 7.16. The van der Waals surface area contributed by atoms with Crippen molar-refractivity contribution in [2.75, 3.05) is 5.75 Å². The highest BCUT2D eigenvalue weighted by atomic mass is 32.2. The van der Waals surface area contributed by atoms with Crippen molar-refractivity contribution in [2.45, 2.75) is 18.4 Å². The van der Waals surface area contributed by atoms with E-state index in [9.17, 15) is 4.79 Å². The van der Waals surface area contributed by atoms with Crippen LogP contribution in [0, 0.1) is 6.92 Å². The van der Waals surface area contributed by atoms with E-state index < -0.39 is 0 Å². The molecule has 2 aromatic carbocycles. The zero-order valence-corrected chi connectivity index (χ0v) is 15.2. The van der Waals surface area contributed by atoms with Crippen molar-refractivity contribution < 1.29 is 9.53 Å². The average molecular weight is 362 g/mol. The van der Waals surface area contributed by atoms with Crippen LogP contribution in [0.5, 0.6) is 0 Å². The van der Waals surface area contributed by atoms with Crippen molar-refractivity contribution in [1.29, 1.82) is 0 Å². The van der Waals surface area contributed by atoms with Crippen LogP contribution in [-0.2, 0) is 16.1 Å². The van der Waals surface area contributed by atoms with Crippen molar-refractivity contribution >= 4 is 34.2 Å². The summed E-state index contributed by atoms with van der Waals surface area (Å²) in [6, 6.07) is 18.4.